The molecule has 41 heavy (non-hydrogen) atoms. The zero-order valence-electron chi connectivity index (χ0n) is 23.1. The molecule has 1 aromatic heterocycles. The van der Waals surface area contributed by atoms with Gasteiger partial charge in [-0.25, -0.2) is 9.79 Å². The number of fused-ring (bicyclic) bond motifs is 1. The second kappa shape index (κ2) is 13.1. The molecule has 0 bridgehead atoms. The molecule has 2 aromatic carbocycles. The lowest BCUT2D eigenvalue weighted by Gasteiger charge is -2.25. The first-order valence-corrected chi connectivity index (χ1v) is 15.1. The Kier molecular flexibility index (Phi) is 9.79. The number of thiazole rings is 1. The summed E-state index contributed by atoms with van der Waals surface area (Å²) in [5, 5.41) is 0. The van der Waals surface area contributed by atoms with Gasteiger partial charge in [0.15, 0.2) is 16.3 Å². The molecule has 0 N–H and O–H groups in total. The molecular formula is C30H28Br2N2O6S. The maximum atomic E-state index is 14.0. The van der Waals surface area contributed by atoms with Crippen molar-refractivity contribution in [3.63, 3.8) is 0 Å². The summed E-state index contributed by atoms with van der Waals surface area (Å²) in [6.45, 7) is 7.62. The van der Waals surface area contributed by atoms with Crippen LogP contribution in [-0.2, 0) is 9.53 Å². The second-order valence-electron chi connectivity index (χ2n) is 9.19. The zero-order chi connectivity index (χ0) is 29.8. The second-order valence-corrected chi connectivity index (χ2v) is 11.9. The number of halogens is 2. The summed E-state index contributed by atoms with van der Waals surface area (Å²) in [5.74, 6) is 3.51. The largest absolute Gasteiger partial charge is 0.493 e. The van der Waals surface area contributed by atoms with Crippen molar-refractivity contribution in [2.45, 2.75) is 39.8 Å². The Labute approximate surface area is 258 Å². The van der Waals surface area contributed by atoms with E-state index in [1.54, 1.807) is 39.2 Å². The van der Waals surface area contributed by atoms with E-state index in [4.69, 9.17) is 25.4 Å². The van der Waals surface area contributed by atoms with Crippen LogP contribution < -0.4 is 29.1 Å². The number of aromatic nitrogens is 1. The Morgan fingerprint density at radius 2 is 1.93 bits per heavy atom. The molecular weight excluding hydrogens is 676 g/mol. The van der Waals surface area contributed by atoms with E-state index in [1.807, 2.05) is 32.0 Å². The molecule has 0 amide bonds. The Balaban J connectivity index is 1.91. The van der Waals surface area contributed by atoms with Crippen LogP contribution in [0.2, 0.25) is 0 Å². The van der Waals surface area contributed by atoms with Crippen LogP contribution in [0.15, 0.2) is 60.3 Å². The number of benzene rings is 2. The lowest BCUT2D eigenvalue weighted by Crippen LogP contribution is -2.40. The minimum Gasteiger partial charge on any atom is -0.493 e. The molecule has 0 spiro atoms. The summed E-state index contributed by atoms with van der Waals surface area (Å²) in [5.41, 5.74) is 1.86. The molecule has 1 aliphatic rings. The minimum absolute atomic E-state index is 0.0670. The average molecular weight is 704 g/mol. The smallest absolute Gasteiger partial charge is 0.338 e. The lowest BCUT2D eigenvalue weighted by atomic mass is 9.95. The molecule has 214 valence electrons. The molecule has 0 radical (unpaired) electrons. The molecule has 0 unspecified atom stereocenters. The first kappa shape index (κ1) is 30.6. The van der Waals surface area contributed by atoms with Gasteiger partial charge in [-0.2, -0.15) is 0 Å². The Hall–Kier alpha value is -3.33. The molecule has 0 saturated carbocycles. The van der Waals surface area contributed by atoms with Gasteiger partial charge in [0.05, 0.1) is 50.6 Å². The molecule has 2 heterocycles. The van der Waals surface area contributed by atoms with E-state index in [0.29, 0.717) is 46.8 Å². The molecule has 0 aliphatic carbocycles. The number of rotatable bonds is 9. The van der Waals surface area contributed by atoms with Crippen molar-refractivity contribution < 1.29 is 23.7 Å². The van der Waals surface area contributed by atoms with E-state index in [9.17, 15) is 9.59 Å². The third kappa shape index (κ3) is 6.45. The molecule has 0 saturated heterocycles. The summed E-state index contributed by atoms with van der Waals surface area (Å²) < 4.78 is 25.8. The van der Waals surface area contributed by atoms with Gasteiger partial charge in [0.1, 0.15) is 12.4 Å². The SMILES string of the molecule is C#CCOc1c(Br)cc(/C=c2\sc3n(c2=O)[C@H](c2ccc(OC(C)C)c(OC)c2)C(C(=O)OCC)=C(C)N=3)cc1Br. The van der Waals surface area contributed by atoms with Crippen LogP contribution in [0, 0.1) is 12.3 Å². The van der Waals surface area contributed by atoms with Crippen LogP contribution in [0.5, 0.6) is 17.2 Å². The zero-order valence-corrected chi connectivity index (χ0v) is 27.1. The fourth-order valence-electron chi connectivity index (χ4n) is 4.38. The highest BCUT2D eigenvalue weighted by molar-refractivity contribution is 9.11. The van der Waals surface area contributed by atoms with E-state index >= 15 is 0 Å². The van der Waals surface area contributed by atoms with Crippen molar-refractivity contribution in [1.29, 1.82) is 0 Å². The van der Waals surface area contributed by atoms with Crippen molar-refractivity contribution in [2.75, 3.05) is 20.3 Å². The van der Waals surface area contributed by atoms with Crippen molar-refractivity contribution in [3.05, 3.63) is 81.4 Å². The standard InChI is InChI=1S/C30H28Br2N2O6S/c1-7-11-39-27-20(31)12-18(13-21(27)32)14-24-28(35)34-26(19-9-10-22(40-16(3)4)23(15-19)37-6)25(29(36)38-8-2)17(5)33-30(34)41-24/h1,9-10,12-16,26H,8,11H2,2-6H3/b24-14-/t26-/m1/s1. The van der Waals surface area contributed by atoms with Gasteiger partial charge in [0.25, 0.3) is 5.56 Å². The van der Waals surface area contributed by atoms with Crippen molar-refractivity contribution in [1.82, 2.24) is 4.57 Å². The maximum Gasteiger partial charge on any atom is 0.338 e. The molecule has 0 fully saturated rings. The van der Waals surface area contributed by atoms with Gasteiger partial charge in [-0.15, -0.1) is 6.42 Å². The van der Waals surface area contributed by atoms with Crippen LogP contribution in [0.25, 0.3) is 6.08 Å². The fourth-order valence-corrected chi connectivity index (χ4v) is 6.88. The summed E-state index contributed by atoms with van der Waals surface area (Å²) in [4.78, 5) is 32.3. The number of hydrogen-bond acceptors (Lipinski definition) is 8. The summed E-state index contributed by atoms with van der Waals surface area (Å²) in [7, 11) is 1.55. The van der Waals surface area contributed by atoms with Crippen molar-refractivity contribution in [2.24, 2.45) is 4.99 Å². The van der Waals surface area contributed by atoms with Gasteiger partial charge in [0.2, 0.25) is 0 Å². The molecule has 1 aliphatic heterocycles. The fraction of sp³-hybridized carbons (Fsp3) is 0.300. The number of esters is 1. The van der Waals surface area contributed by atoms with Crippen LogP contribution in [0.3, 0.4) is 0 Å². The third-order valence-electron chi connectivity index (χ3n) is 6.00. The number of hydrogen-bond donors (Lipinski definition) is 0. The lowest BCUT2D eigenvalue weighted by molar-refractivity contribution is -0.139. The highest BCUT2D eigenvalue weighted by atomic mass is 79.9. The van der Waals surface area contributed by atoms with Crippen molar-refractivity contribution in [3.8, 4) is 29.6 Å². The van der Waals surface area contributed by atoms with Gasteiger partial charge in [0, 0.05) is 0 Å². The third-order valence-corrected chi connectivity index (χ3v) is 8.16. The Morgan fingerprint density at radius 1 is 1.22 bits per heavy atom. The molecule has 1 atom stereocenters. The molecule has 4 rings (SSSR count). The number of carbonyl (C=O) groups excluding carboxylic acids is 1. The predicted molar refractivity (Wildman–Crippen MR) is 165 cm³/mol. The van der Waals surface area contributed by atoms with Crippen molar-refractivity contribution >= 4 is 55.2 Å². The minimum atomic E-state index is -0.785. The number of allylic oxidation sites excluding steroid dienone is 1. The monoisotopic (exact) mass is 702 g/mol. The predicted octanol–water partition coefficient (Wildman–Crippen LogP) is 5.13. The Bertz CT molecular complexity index is 1730. The first-order chi connectivity index (χ1) is 19.6. The van der Waals surface area contributed by atoms with E-state index in [-0.39, 0.29) is 30.5 Å². The number of terminal acetylenes is 1. The van der Waals surface area contributed by atoms with Crippen LogP contribution in [-0.4, -0.2) is 37.0 Å². The van der Waals surface area contributed by atoms with Crippen LogP contribution >= 0.6 is 43.2 Å². The van der Waals surface area contributed by atoms with E-state index in [1.165, 1.54) is 15.9 Å². The van der Waals surface area contributed by atoms with E-state index in [2.05, 4.69) is 42.8 Å². The summed E-state index contributed by atoms with van der Waals surface area (Å²) >= 11 is 8.27. The highest BCUT2D eigenvalue weighted by Crippen LogP contribution is 2.37. The highest BCUT2D eigenvalue weighted by Gasteiger charge is 2.34. The molecule has 11 heteroatoms. The van der Waals surface area contributed by atoms with Gasteiger partial charge in [-0.3, -0.25) is 9.36 Å². The number of carbonyl (C=O) groups is 1. The quantitative estimate of drug-likeness (QED) is 0.227. The molecule has 8 nitrogen and oxygen atoms in total. The van der Waals surface area contributed by atoms with Gasteiger partial charge in [-0.1, -0.05) is 23.3 Å². The van der Waals surface area contributed by atoms with Crippen LogP contribution in [0.4, 0.5) is 0 Å². The molecule has 3 aromatic rings. The Morgan fingerprint density at radius 3 is 2.54 bits per heavy atom. The first-order valence-electron chi connectivity index (χ1n) is 12.7. The normalized spacial score (nSPS) is 14.8. The number of ether oxygens (including phenoxy) is 4. The topological polar surface area (TPSA) is 88.3 Å². The summed E-state index contributed by atoms with van der Waals surface area (Å²) in [6.07, 6.45) is 7.02. The van der Waals surface area contributed by atoms with Crippen LogP contribution in [0.1, 0.15) is 44.9 Å². The summed E-state index contributed by atoms with van der Waals surface area (Å²) in [6, 6.07) is 8.26. The van der Waals surface area contributed by atoms with Gasteiger partial charge >= 0.3 is 5.97 Å². The number of nitrogens with zero attached hydrogens (tertiary/aromatic N) is 2. The number of methoxy groups -OCH3 is 1. The van der Waals surface area contributed by atoms with Gasteiger partial charge < -0.3 is 18.9 Å². The van der Waals surface area contributed by atoms with E-state index in [0.717, 1.165) is 5.56 Å². The maximum absolute atomic E-state index is 14.0. The van der Waals surface area contributed by atoms with E-state index < -0.39 is 12.0 Å². The van der Waals surface area contributed by atoms with Gasteiger partial charge in [-0.05, 0) is 101 Å². The average Bonchev–Trinajstić information content (AvgIpc) is 3.21.